The summed E-state index contributed by atoms with van der Waals surface area (Å²) in [5, 5.41) is 3.21. The first-order valence-electron chi connectivity index (χ1n) is 6.33. The summed E-state index contributed by atoms with van der Waals surface area (Å²) in [6.07, 6.45) is 2.29. The Labute approximate surface area is 127 Å². The Bertz CT molecular complexity index is 714. The topological polar surface area (TPSA) is 71.1 Å². The van der Waals surface area contributed by atoms with Crippen LogP contribution in [0.15, 0.2) is 34.8 Å². The van der Waals surface area contributed by atoms with Crippen LogP contribution in [-0.2, 0) is 16.6 Å². The first-order valence-corrected chi connectivity index (χ1v) is 8.63. The highest BCUT2D eigenvalue weighted by Crippen LogP contribution is 2.24. The zero-order chi connectivity index (χ0) is 15.5. The fourth-order valence-electron chi connectivity index (χ4n) is 1.56. The Morgan fingerprint density at radius 1 is 1.33 bits per heavy atom. The number of hydrogen-bond acceptors (Lipinski definition) is 5. The van der Waals surface area contributed by atoms with E-state index in [1.807, 2.05) is 13.8 Å². The summed E-state index contributed by atoms with van der Waals surface area (Å²) in [5.41, 5.74) is -0.111. The largest absolute Gasteiger partial charge is 0.310 e. The summed E-state index contributed by atoms with van der Waals surface area (Å²) in [5.74, 6) is -0.709. The smallest absolute Gasteiger partial charge is 0.271 e. The van der Waals surface area contributed by atoms with Crippen LogP contribution in [0.4, 0.5) is 10.1 Å². The molecule has 0 spiro atoms. The van der Waals surface area contributed by atoms with E-state index in [0.717, 1.165) is 22.4 Å². The van der Waals surface area contributed by atoms with Crippen LogP contribution in [0.5, 0.6) is 0 Å². The molecule has 0 saturated heterocycles. The summed E-state index contributed by atoms with van der Waals surface area (Å²) in [6.45, 7) is 4.62. The third-order valence-corrected chi connectivity index (χ3v) is 5.55. The van der Waals surface area contributed by atoms with Crippen LogP contribution in [-0.4, -0.2) is 19.4 Å². The van der Waals surface area contributed by atoms with E-state index in [0.29, 0.717) is 12.6 Å². The van der Waals surface area contributed by atoms with Crippen molar-refractivity contribution in [3.05, 3.63) is 41.3 Å². The van der Waals surface area contributed by atoms with E-state index in [4.69, 9.17) is 0 Å². The molecular formula is C13H16FN3O2S2. The molecule has 2 N–H and O–H groups in total. The van der Waals surface area contributed by atoms with Crippen molar-refractivity contribution in [3.8, 4) is 0 Å². The maximum Gasteiger partial charge on any atom is 0.271 e. The van der Waals surface area contributed by atoms with Gasteiger partial charge in [-0.25, -0.2) is 12.8 Å². The van der Waals surface area contributed by atoms with Gasteiger partial charge < -0.3 is 5.32 Å². The molecule has 0 aliphatic carbocycles. The lowest BCUT2D eigenvalue weighted by Gasteiger charge is -2.07. The molecule has 2 aromatic rings. The number of pyridine rings is 1. The molecule has 0 saturated carbocycles. The molecular weight excluding hydrogens is 313 g/mol. The van der Waals surface area contributed by atoms with Gasteiger partial charge in [0, 0.05) is 23.7 Å². The van der Waals surface area contributed by atoms with Crippen LogP contribution in [0.3, 0.4) is 0 Å². The molecule has 0 amide bonds. The minimum absolute atomic E-state index is 0.111. The summed E-state index contributed by atoms with van der Waals surface area (Å²) < 4.78 is 40.2. The van der Waals surface area contributed by atoms with Crippen LogP contribution in [0, 0.1) is 5.82 Å². The monoisotopic (exact) mass is 329 g/mol. The highest BCUT2D eigenvalue weighted by molar-refractivity contribution is 7.94. The number of hydrogen-bond donors (Lipinski definition) is 2. The molecule has 0 radical (unpaired) electrons. The first kappa shape index (κ1) is 15.9. The summed E-state index contributed by atoms with van der Waals surface area (Å²) in [4.78, 5) is 4.48. The first-order chi connectivity index (χ1) is 9.88. The van der Waals surface area contributed by atoms with Crippen molar-refractivity contribution in [3.63, 3.8) is 0 Å². The van der Waals surface area contributed by atoms with Crippen molar-refractivity contribution >= 4 is 27.0 Å². The molecule has 2 heterocycles. The highest BCUT2D eigenvalue weighted by Gasteiger charge is 2.18. The van der Waals surface area contributed by atoms with Crippen LogP contribution < -0.4 is 10.0 Å². The fourth-order valence-corrected chi connectivity index (χ4v) is 3.93. The molecule has 0 aromatic carbocycles. The van der Waals surface area contributed by atoms with E-state index < -0.39 is 15.8 Å². The standard InChI is InChI=1S/C13H16FN3O2S2/c1-9(2)16-7-10-3-4-13(20-10)21(18,19)17-12-5-6-15-8-11(12)14/h3-6,8-9,16H,7H2,1-2H3,(H,15,17). The van der Waals surface area contributed by atoms with Crippen LogP contribution in [0.2, 0.25) is 0 Å². The van der Waals surface area contributed by atoms with Crippen LogP contribution >= 0.6 is 11.3 Å². The Balaban J connectivity index is 2.15. The average Bonchev–Trinajstić information content (AvgIpc) is 2.88. The second-order valence-corrected chi connectivity index (χ2v) is 7.79. The lowest BCUT2D eigenvalue weighted by molar-refractivity contribution is 0.593. The van der Waals surface area contributed by atoms with Gasteiger partial charge in [-0.2, -0.15) is 0 Å². The summed E-state index contributed by atoms with van der Waals surface area (Å²) >= 11 is 1.16. The van der Waals surface area contributed by atoms with Gasteiger partial charge in [0.05, 0.1) is 11.9 Å². The van der Waals surface area contributed by atoms with Crippen molar-refractivity contribution in [2.24, 2.45) is 0 Å². The van der Waals surface area contributed by atoms with Gasteiger partial charge in [0.2, 0.25) is 0 Å². The van der Waals surface area contributed by atoms with E-state index >= 15 is 0 Å². The molecule has 0 fully saturated rings. The third kappa shape index (κ3) is 4.23. The molecule has 21 heavy (non-hydrogen) atoms. The van der Waals surface area contributed by atoms with Crippen molar-refractivity contribution in [2.45, 2.75) is 30.6 Å². The molecule has 0 aliphatic rings. The number of aromatic nitrogens is 1. The summed E-state index contributed by atoms with van der Waals surface area (Å²) in [7, 11) is -3.78. The molecule has 0 bridgehead atoms. The third-order valence-electron chi connectivity index (χ3n) is 2.60. The van der Waals surface area contributed by atoms with Crippen molar-refractivity contribution in [2.75, 3.05) is 4.72 Å². The molecule has 2 rings (SSSR count). The lowest BCUT2D eigenvalue weighted by atomic mass is 10.4. The second kappa shape index (κ2) is 6.50. The van der Waals surface area contributed by atoms with E-state index in [9.17, 15) is 12.8 Å². The molecule has 5 nitrogen and oxygen atoms in total. The van der Waals surface area contributed by atoms with E-state index in [-0.39, 0.29) is 9.90 Å². The summed E-state index contributed by atoms with van der Waals surface area (Å²) in [6, 6.07) is 4.86. The predicted octanol–water partition coefficient (Wildman–Crippen LogP) is 2.58. The zero-order valence-corrected chi connectivity index (χ0v) is 13.3. The van der Waals surface area contributed by atoms with Crippen molar-refractivity contribution < 1.29 is 12.8 Å². The molecule has 114 valence electrons. The Hall–Kier alpha value is -1.51. The van der Waals surface area contributed by atoms with Gasteiger partial charge in [-0.1, -0.05) is 13.8 Å². The van der Waals surface area contributed by atoms with Crippen LogP contribution in [0.25, 0.3) is 0 Å². The minimum Gasteiger partial charge on any atom is -0.310 e. The van der Waals surface area contributed by atoms with Gasteiger partial charge in [-0.05, 0) is 18.2 Å². The number of sulfonamides is 1. The molecule has 0 unspecified atom stereocenters. The molecule has 0 aliphatic heterocycles. The number of nitrogens with one attached hydrogen (secondary N) is 2. The number of rotatable bonds is 6. The number of anilines is 1. The second-order valence-electron chi connectivity index (χ2n) is 4.72. The molecule has 0 atom stereocenters. The maximum atomic E-state index is 13.5. The van der Waals surface area contributed by atoms with Crippen LogP contribution in [0.1, 0.15) is 18.7 Å². The number of thiophene rings is 1. The highest BCUT2D eigenvalue weighted by atomic mass is 32.2. The normalized spacial score (nSPS) is 11.8. The quantitative estimate of drug-likeness (QED) is 0.854. The van der Waals surface area contributed by atoms with Crippen molar-refractivity contribution in [1.82, 2.24) is 10.3 Å². The molecule has 2 aromatic heterocycles. The van der Waals surface area contributed by atoms with Gasteiger partial charge in [0.15, 0.2) is 5.82 Å². The zero-order valence-electron chi connectivity index (χ0n) is 11.6. The average molecular weight is 329 g/mol. The van der Waals surface area contributed by atoms with Gasteiger partial charge in [0.1, 0.15) is 4.21 Å². The van der Waals surface area contributed by atoms with E-state index in [1.54, 1.807) is 6.07 Å². The van der Waals surface area contributed by atoms with Gasteiger partial charge in [-0.3, -0.25) is 9.71 Å². The molecule has 8 heteroatoms. The van der Waals surface area contributed by atoms with Crippen molar-refractivity contribution in [1.29, 1.82) is 0 Å². The minimum atomic E-state index is -3.78. The van der Waals surface area contributed by atoms with E-state index in [2.05, 4.69) is 15.0 Å². The Morgan fingerprint density at radius 3 is 2.76 bits per heavy atom. The predicted molar refractivity (Wildman–Crippen MR) is 81.3 cm³/mol. The van der Waals surface area contributed by atoms with E-state index in [1.165, 1.54) is 18.3 Å². The van der Waals surface area contributed by atoms with Gasteiger partial charge in [-0.15, -0.1) is 11.3 Å². The fraction of sp³-hybridized carbons (Fsp3) is 0.308. The Morgan fingerprint density at radius 2 is 2.10 bits per heavy atom. The van der Waals surface area contributed by atoms with Gasteiger partial charge >= 0.3 is 0 Å². The lowest BCUT2D eigenvalue weighted by Crippen LogP contribution is -2.21. The van der Waals surface area contributed by atoms with Gasteiger partial charge in [0.25, 0.3) is 10.0 Å². The number of halogens is 1. The maximum absolute atomic E-state index is 13.5. The number of nitrogens with zero attached hydrogens (tertiary/aromatic N) is 1. The Kier molecular flexibility index (Phi) is 4.92. The SMILES string of the molecule is CC(C)NCc1ccc(S(=O)(=O)Nc2ccncc2F)s1.